The fourth-order valence-electron chi connectivity index (χ4n) is 2.35. The summed E-state index contributed by atoms with van der Waals surface area (Å²) in [5.74, 6) is 0.809. The SMILES string of the molecule is ClCC1(NC2CCC2)CCCC1. The Bertz CT molecular complexity index is 148. The lowest BCUT2D eigenvalue weighted by Crippen LogP contribution is -2.52. The van der Waals surface area contributed by atoms with Crippen molar-refractivity contribution >= 4 is 11.6 Å². The molecule has 0 amide bonds. The van der Waals surface area contributed by atoms with Crippen molar-refractivity contribution in [3.8, 4) is 0 Å². The molecular formula is C10H18ClN. The molecule has 70 valence electrons. The van der Waals surface area contributed by atoms with Gasteiger partial charge in [0.2, 0.25) is 0 Å². The van der Waals surface area contributed by atoms with Crippen LogP contribution < -0.4 is 5.32 Å². The molecule has 0 saturated heterocycles. The zero-order valence-corrected chi connectivity index (χ0v) is 8.37. The van der Waals surface area contributed by atoms with E-state index in [1.54, 1.807) is 0 Å². The standard InChI is InChI=1S/C10H18ClN/c11-8-10(6-1-2-7-10)12-9-4-3-5-9/h9,12H,1-8H2. The van der Waals surface area contributed by atoms with Crippen LogP contribution in [0.15, 0.2) is 0 Å². The molecular weight excluding hydrogens is 170 g/mol. The largest absolute Gasteiger partial charge is 0.307 e. The molecule has 0 aliphatic heterocycles. The zero-order chi connectivity index (χ0) is 8.44. The summed E-state index contributed by atoms with van der Waals surface area (Å²) in [6.45, 7) is 0. The van der Waals surface area contributed by atoms with Crippen LogP contribution in [0.25, 0.3) is 0 Å². The number of halogens is 1. The van der Waals surface area contributed by atoms with Crippen LogP contribution >= 0.6 is 11.6 Å². The number of rotatable bonds is 3. The van der Waals surface area contributed by atoms with Crippen LogP contribution in [0.2, 0.25) is 0 Å². The fourth-order valence-corrected chi connectivity index (χ4v) is 2.70. The maximum Gasteiger partial charge on any atom is 0.0406 e. The number of alkyl halides is 1. The molecule has 2 rings (SSSR count). The third-order valence-corrected chi connectivity index (χ3v) is 3.94. The third-order valence-electron chi connectivity index (χ3n) is 3.43. The van der Waals surface area contributed by atoms with Crippen molar-refractivity contribution in [2.75, 3.05) is 5.88 Å². The Kier molecular flexibility index (Phi) is 2.61. The summed E-state index contributed by atoms with van der Waals surface area (Å²) in [4.78, 5) is 0. The van der Waals surface area contributed by atoms with E-state index in [0.29, 0.717) is 5.54 Å². The molecule has 0 radical (unpaired) electrons. The van der Waals surface area contributed by atoms with Crippen LogP contribution in [0.5, 0.6) is 0 Å². The Labute approximate surface area is 79.9 Å². The topological polar surface area (TPSA) is 12.0 Å². The number of nitrogens with one attached hydrogen (secondary N) is 1. The van der Waals surface area contributed by atoms with Crippen LogP contribution in [0.3, 0.4) is 0 Å². The first kappa shape index (κ1) is 8.83. The van der Waals surface area contributed by atoms with Gasteiger partial charge in [0.25, 0.3) is 0 Å². The third kappa shape index (κ3) is 1.62. The van der Waals surface area contributed by atoms with Crippen molar-refractivity contribution < 1.29 is 0 Å². The maximum atomic E-state index is 6.03. The van der Waals surface area contributed by atoms with E-state index >= 15 is 0 Å². The van der Waals surface area contributed by atoms with Crippen LogP contribution in [-0.2, 0) is 0 Å². The van der Waals surface area contributed by atoms with Crippen molar-refractivity contribution in [2.45, 2.75) is 56.5 Å². The Hall–Kier alpha value is 0.250. The summed E-state index contributed by atoms with van der Waals surface area (Å²) in [5.41, 5.74) is 0.326. The van der Waals surface area contributed by atoms with Gasteiger partial charge in [-0.1, -0.05) is 19.3 Å². The van der Waals surface area contributed by atoms with E-state index in [0.717, 1.165) is 11.9 Å². The summed E-state index contributed by atoms with van der Waals surface area (Å²) >= 11 is 6.03. The Morgan fingerprint density at radius 1 is 1.17 bits per heavy atom. The second-order valence-corrected chi connectivity index (χ2v) is 4.66. The first-order valence-electron chi connectivity index (χ1n) is 5.18. The van der Waals surface area contributed by atoms with Crippen molar-refractivity contribution in [3.05, 3.63) is 0 Å². The summed E-state index contributed by atoms with van der Waals surface area (Å²) in [5, 5.41) is 3.75. The van der Waals surface area contributed by atoms with Gasteiger partial charge >= 0.3 is 0 Å². The minimum atomic E-state index is 0.326. The zero-order valence-electron chi connectivity index (χ0n) is 7.61. The van der Waals surface area contributed by atoms with Crippen LogP contribution in [0.4, 0.5) is 0 Å². The summed E-state index contributed by atoms with van der Waals surface area (Å²) in [6, 6.07) is 0.793. The quantitative estimate of drug-likeness (QED) is 0.670. The van der Waals surface area contributed by atoms with Gasteiger partial charge in [-0.3, -0.25) is 0 Å². The van der Waals surface area contributed by atoms with Gasteiger partial charge in [-0.25, -0.2) is 0 Å². The van der Waals surface area contributed by atoms with E-state index in [1.807, 2.05) is 0 Å². The molecule has 2 saturated carbocycles. The average Bonchev–Trinajstić information content (AvgIpc) is 2.46. The lowest BCUT2D eigenvalue weighted by atomic mass is 9.89. The van der Waals surface area contributed by atoms with Gasteiger partial charge in [0.1, 0.15) is 0 Å². The lowest BCUT2D eigenvalue weighted by molar-refractivity contribution is 0.244. The van der Waals surface area contributed by atoms with Crippen molar-refractivity contribution in [1.29, 1.82) is 0 Å². The highest BCUT2D eigenvalue weighted by atomic mass is 35.5. The van der Waals surface area contributed by atoms with Crippen LogP contribution in [-0.4, -0.2) is 17.5 Å². The molecule has 1 N–H and O–H groups in total. The molecule has 0 atom stereocenters. The molecule has 1 nitrogen and oxygen atoms in total. The average molecular weight is 188 g/mol. The minimum absolute atomic E-state index is 0.326. The minimum Gasteiger partial charge on any atom is -0.307 e. The van der Waals surface area contributed by atoms with Gasteiger partial charge in [-0.05, 0) is 25.7 Å². The highest BCUT2D eigenvalue weighted by molar-refractivity contribution is 6.18. The predicted molar refractivity (Wildman–Crippen MR) is 52.7 cm³/mol. The number of hydrogen-bond acceptors (Lipinski definition) is 1. The molecule has 0 aromatic carbocycles. The highest BCUT2D eigenvalue weighted by Gasteiger charge is 2.35. The van der Waals surface area contributed by atoms with E-state index in [2.05, 4.69) is 5.32 Å². The lowest BCUT2D eigenvalue weighted by Gasteiger charge is -2.37. The first-order valence-corrected chi connectivity index (χ1v) is 5.72. The summed E-state index contributed by atoms with van der Waals surface area (Å²) in [7, 11) is 0. The van der Waals surface area contributed by atoms with Crippen LogP contribution in [0.1, 0.15) is 44.9 Å². The van der Waals surface area contributed by atoms with Gasteiger partial charge < -0.3 is 5.32 Å². The molecule has 12 heavy (non-hydrogen) atoms. The van der Waals surface area contributed by atoms with Gasteiger partial charge in [0, 0.05) is 17.5 Å². The van der Waals surface area contributed by atoms with Gasteiger partial charge in [0.05, 0.1) is 0 Å². The molecule has 0 aromatic heterocycles. The first-order chi connectivity index (χ1) is 5.85. The van der Waals surface area contributed by atoms with Crippen molar-refractivity contribution in [1.82, 2.24) is 5.32 Å². The smallest absolute Gasteiger partial charge is 0.0406 e. The number of hydrogen-bond donors (Lipinski definition) is 1. The second kappa shape index (κ2) is 3.55. The van der Waals surface area contributed by atoms with Gasteiger partial charge in [0.15, 0.2) is 0 Å². The van der Waals surface area contributed by atoms with Crippen LogP contribution in [0, 0.1) is 0 Å². The van der Waals surface area contributed by atoms with E-state index in [1.165, 1.54) is 44.9 Å². The molecule has 0 heterocycles. The molecule has 0 unspecified atom stereocenters. The van der Waals surface area contributed by atoms with Crippen molar-refractivity contribution in [2.24, 2.45) is 0 Å². The normalized spacial score (nSPS) is 28.8. The molecule has 2 aliphatic rings. The van der Waals surface area contributed by atoms with E-state index < -0.39 is 0 Å². The van der Waals surface area contributed by atoms with E-state index in [-0.39, 0.29) is 0 Å². The maximum absolute atomic E-state index is 6.03. The van der Waals surface area contributed by atoms with Gasteiger partial charge in [-0.15, -0.1) is 11.6 Å². The van der Waals surface area contributed by atoms with Gasteiger partial charge in [-0.2, -0.15) is 0 Å². The molecule has 0 bridgehead atoms. The predicted octanol–water partition coefficient (Wildman–Crippen LogP) is 2.68. The monoisotopic (exact) mass is 187 g/mol. The molecule has 2 aliphatic carbocycles. The molecule has 2 fully saturated rings. The van der Waals surface area contributed by atoms with E-state index in [4.69, 9.17) is 11.6 Å². The molecule has 0 aromatic rings. The van der Waals surface area contributed by atoms with Crippen molar-refractivity contribution in [3.63, 3.8) is 0 Å². The summed E-state index contributed by atoms with van der Waals surface area (Å²) in [6.07, 6.45) is 9.49. The summed E-state index contributed by atoms with van der Waals surface area (Å²) < 4.78 is 0. The molecule has 2 heteroatoms. The highest BCUT2D eigenvalue weighted by Crippen LogP contribution is 2.33. The van der Waals surface area contributed by atoms with E-state index in [9.17, 15) is 0 Å². The molecule has 0 spiro atoms. The Morgan fingerprint density at radius 2 is 1.83 bits per heavy atom. The fraction of sp³-hybridized carbons (Fsp3) is 1.00. The Morgan fingerprint density at radius 3 is 2.25 bits per heavy atom. The second-order valence-electron chi connectivity index (χ2n) is 4.39. The Balaban J connectivity index is 1.87.